The summed E-state index contributed by atoms with van der Waals surface area (Å²) in [4.78, 5) is 4.45. The van der Waals surface area contributed by atoms with Crippen molar-refractivity contribution in [2.75, 3.05) is 5.32 Å². The highest BCUT2D eigenvalue weighted by Crippen LogP contribution is 2.19. The van der Waals surface area contributed by atoms with Gasteiger partial charge in [0, 0.05) is 11.2 Å². The third-order valence-corrected chi connectivity index (χ3v) is 3.45. The van der Waals surface area contributed by atoms with Crippen LogP contribution in [0.1, 0.15) is 24.1 Å². The van der Waals surface area contributed by atoms with Gasteiger partial charge in [-0.2, -0.15) is 4.98 Å². The Kier molecular flexibility index (Phi) is 3.32. The molecular weight excluding hydrogens is 272 g/mol. The number of hydrogen-bond donors (Lipinski definition) is 1. The zero-order valence-corrected chi connectivity index (χ0v) is 12.1. The highest BCUT2D eigenvalue weighted by molar-refractivity contribution is 6.30. The van der Waals surface area contributed by atoms with Crippen LogP contribution < -0.4 is 5.32 Å². The average Bonchev–Trinajstić information content (AvgIpc) is 2.80. The Labute approximate surface area is 122 Å². The van der Waals surface area contributed by atoms with Crippen molar-refractivity contribution in [2.24, 2.45) is 0 Å². The molecule has 0 aliphatic carbocycles. The molecule has 20 heavy (non-hydrogen) atoms. The number of halogens is 1. The first kappa shape index (κ1) is 12.9. The Morgan fingerprint density at radius 2 is 1.90 bits per heavy atom. The molecule has 3 rings (SSSR count). The summed E-state index contributed by atoms with van der Waals surface area (Å²) in [6.07, 6.45) is 1.96. The number of benzene rings is 1. The molecule has 1 aromatic carbocycles. The van der Waals surface area contributed by atoms with Gasteiger partial charge in [-0.3, -0.25) is 0 Å². The van der Waals surface area contributed by atoms with Crippen LogP contribution >= 0.6 is 11.6 Å². The number of hydrogen-bond acceptors (Lipinski definition) is 3. The van der Waals surface area contributed by atoms with Crippen LogP contribution in [0.25, 0.3) is 5.65 Å². The van der Waals surface area contributed by atoms with E-state index in [1.54, 1.807) is 4.52 Å². The van der Waals surface area contributed by atoms with E-state index in [0.29, 0.717) is 5.95 Å². The summed E-state index contributed by atoms with van der Waals surface area (Å²) in [5.74, 6) is 0.623. The smallest absolute Gasteiger partial charge is 0.243 e. The number of nitrogens with one attached hydrogen (secondary N) is 1. The van der Waals surface area contributed by atoms with Gasteiger partial charge in [-0.15, -0.1) is 5.10 Å². The zero-order valence-electron chi connectivity index (χ0n) is 11.3. The fourth-order valence-electron chi connectivity index (χ4n) is 2.08. The van der Waals surface area contributed by atoms with Crippen LogP contribution in [0.5, 0.6) is 0 Å². The average molecular weight is 287 g/mol. The summed E-state index contributed by atoms with van der Waals surface area (Å²) < 4.78 is 1.78. The molecule has 0 fully saturated rings. The second-order valence-electron chi connectivity index (χ2n) is 4.86. The Hall–Kier alpha value is -2.07. The molecule has 0 saturated heterocycles. The molecule has 4 nitrogen and oxygen atoms in total. The second-order valence-corrected chi connectivity index (χ2v) is 5.30. The summed E-state index contributed by atoms with van der Waals surface area (Å²) in [5.41, 5.74) is 3.13. The summed E-state index contributed by atoms with van der Waals surface area (Å²) in [6, 6.07) is 11.9. The lowest BCUT2D eigenvalue weighted by Gasteiger charge is -2.12. The fourth-order valence-corrected chi connectivity index (χ4v) is 2.20. The van der Waals surface area contributed by atoms with Crippen LogP contribution in [-0.4, -0.2) is 14.6 Å². The third kappa shape index (κ3) is 2.60. The minimum absolute atomic E-state index is 0.116. The Balaban J connectivity index is 1.83. The normalized spacial score (nSPS) is 12.6. The highest BCUT2D eigenvalue weighted by atomic mass is 35.5. The lowest BCUT2D eigenvalue weighted by Crippen LogP contribution is -2.07. The van der Waals surface area contributed by atoms with Crippen molar-refractivity contribution < 1.29 is 0 Å². The minimum Gasteiger partial charge on any atom is -0.346 e. The number of anilines is 1. The molecule has 102 valence electrons. The van der Waals surface area contributed by atoms with Gasteiger partial charge in [0.1, 0.15) is 0 Å². The lowest BCUT2D eigenvalue weighted by atomic mass is 10.1. The number of aromatic nitrogens is 3. The molecule has 0 saturated carbocycles. The van der Waals surface area contributed by atoms with Crippen LogP contribution in [0.15, 0.2) is 42.6 Å². The topological polar surface area (TPSA) is 42.2 Å². The second kappa shape index (κ2) is 5.13. The van der Waals surface area contributed by atoms with E-state index >= 15 is 0 Å². The zero-order chi connectivity index (χ0) is 14.1. The van der Waals surface area contributed by atoms with Crippen molar-refractivity contribution in [3.05, 3.63) is 58.7 Å². The number of rotatable bonds is 3. The van der Waals surface area contributed by atoms with E-state index in [9.17, 15) is 0 Å². The van der Waals surface area contributed by atoms with Crippen LogP contribution in [0.2, 0.25) is 5.02 Å². The molecule has 1 unspecified atom stereocenters. The summed E-state index contributed by atoms with van der Waals surface area (Å²) in [7, 11) is 0. The molecule has 0 bridgehead atoms. The Morgan fingerprint density at radius 3 is 2.65 bits per heavy atom. The largest absolute Gasteiger partial charge is 0.346 e. The standard InChI is InChI=1S/C15H15ClN4/c1-10-3-8-14-18-15(19-20(14)9-10)17-11(2)12-4-6-13(16)7-5-12/h3-9,11H,1-2H3,(H,17,19). The van der Waals surface area contributed by atoms with E-state index in [-0.39, 0.29) is 6.04 Å². The van der Waals surface area contributed by atoms with Crippen molar-refractivity contribution in [3.63, 3.8) is 0 Å². The summed E-state index contributed by atoms with van der Waals surface area (Å²) in [6.45, 7) is 4.10. The Bertz CT molecular complexity index is 733. The maximum Gasteiger partial charge on any atom is 0.243 e. The van der Waals surface area contributed by atoms with Crippen LogP contribution in [0, 0.1) is 6.92 Å². The molecule has 0 aliphatic rings. The van der Waals surface area contributed by atoms with E-state index in [1.807, 2.05) is 49.5 Å². The molecule has 0 spiro atoms. The molecule has 2 aromatic heterocycles. The van der Waals surface area contributed by atoms with Crippen molar-refractivity contribution in [1.82, 2.24) is 14.6 Å². The number of pyridine rings is 1. The summed E-state index contributed by atoms with van der Waals surface area (Å²) >= 11 is 5.90. The van der Waals surface area contributed by atoms with Crippen LogP contribution in [0.3, 0.4) is 0 Å². The molecule has 2 heterocycles. The predicted octanol–water partition coefficient (Wildman–Crippen LogP) is 3.86. The molecule has 1 N–H and O–H groups in total. The SMILES string of the molecule is Cc1ccc2nc(NC(C)c3ccc(Cl)cc3)nn2c1. The van der Waals surface area contributed by atoms with Gasteiger partial charge < -0.3 is 5.32 Å². The molecule has 5 heteroatoms. The van der Waals surface area contributed by atoms with Gasteiger partial charge in [-0.1, -0.05) is 29.8 Å². The van der Waals surface area contributed by atoms with Gasteiger partial charge in [0.05, 0.1) is 6.04 Å². The first-order chi connectivity index (χ1) is 9.61. The molecule has 0 radical (unpaired) electrons. The van der Waals surface area contributed by atoms with Crippen LogP contribution in [0.4, 0.5) is 5.95 Å². The minimum atomic E-state index is 0.116. The van der Waals surface area contributed by atoms with E-state index in [4.69, 9.17) is 11.6 Å². The number of nitrogens with zero attached hydrogens (tertiary/aromatic N) is 3. The van der Waals surface area contributed by atoms with E-state index in [0.717, 1.165) is 21.8 Å². The van der Waals surface area contributed by atoms with E-state index in [2.05, 4.69) is 22.3 Å². The highest BCUT2D eigenvalue weighted by Gasteiger charge is 2.09. The summed E-state index contributed by atoms with van der Waals surface area (Å²) in [5, 5.41) is 8.46. The number of aryl methyl sites for hydroxylation is 1. The van der Waals surface area contributed by atoms with Gasteiger partial charge >= 0.3 is 0 Å². The first-order valence-electron chi connectivity index (χ1n) is 6.47. The van der Waals surface area contributed by atoms with Crippen LogP contribution in [-0.2, 0) is 0 Å². The van der Waals surface area contributed by atoms with Gasteiger partial charge in [0.15, 0.2) is 5.65 Å². The predicted molar refractivity (Wildman–Crippen MR) is 81.2 cm³/mol. The molecule has 3 aromatic rings. The van der Waals surface area contributed by atoms with Crippen molar-refractivity contribution in [1.29, 1.82) is 0 Å². The molecule has 0 amide bonds. The molecular formula is C15H15ClN4. The monoisotopic (exact) mass is 286 g/mol. The third-order valence-electron chi connectivity index (χ3n) is 3.19. The van der Waals surface area contributed by atoms with Crippen molar-refractivity contribution in [2.45, 2.75) is 19.9 Å². The van der Waals surface area contributed by atoms with E-state index < -0.39 is 0 Å². The van der Waals surface area contributed by atoms with E-state index in [1.165, 1.54) is 0 Å². The fraction of sp³-hybridized carbons (Fsp3) is 0.200. The van der Waals surface area contributed by atoms with Gasteiger partial charge in [-0.05, 0) is 43.2 Å². The van der Waals surface area contributed by atoms with Gasteiger partial charge in [-0.25, -0.2) is 4.52 Å². The van der Waals surface area contributed by atoms with Crippen molar-refractivity contribution >= 4 is 23.2 Å². The van der Waals surface area contributed by atoms with Crippen molar-refractivity contribution in [3.8, 4) is 0 Å². The maximum absolute atomic E-state index is 5.90. The molecule has 0 aliphatic heterocycles. The Morgan fingerprint density at radius 1 is 1.15 bits per heavy atom. The lowest BCUT2D eigenvalue weighted by molar-refractivity contribution is 0.852. The first-order valence-corrected chi connectivity index (χ1v) is 6.84. The molecule has 1 atom stereocenters. The van der Waals surface area contributed by atoms with Gasteiger partial charge in [0.25, 0.3) is 0 Å². The quantitative estimate of drug-likeness (QED) is 0.795. The van der Waals surface area contributed by atoms with Gasteiger partial charge in [0.2, 0.25) is 5.95 Å². The maximum atomic E-state index is 5.90. The number of fused-ring (bicyclic) bond motifs is 1.